The van der Waals surface area contributed by atoms with Gasteiger partial charge in [-0.3, -0.25) is 5.26 Å². The maximum atomic E-state index is 11.1. The minimum atomic E-state index is -0.283. The third kappa shape index (κ3) is 3.54. The molecule has 3 rings (SSSR count). The van der Waals surface area contributed by atoms with Gasteiger partial charge in [-0.05, 0) is 54.4 Å². The summed E-state index contributed by atoms with van der Waals surface area (Å²) in [7, 11) is 0. The van der Waals surface area contributed by atoms with E-state index in [1.165, 1.54) is 0 Å². The number of phenols is 2. The van der Waals surface area contributed by atoms with Gasteiger partial charge in [0.05, 0.1) is 6.61 Å². The lowest BCUT2D eigenvalue weighted by Crippen LogP contribution is -2.54. The molecule has 0 aromatic heterocycles. The molecule has 1 aromatic carbocycles. The van der Waals surface area contributed by atoms with Crippen molar-refractivity contribution in [3.8, 4) is 11.5 Å². The fraction of sp³-hybridized carbons (Fsp3) is 0.750. The van der Waals surface area contributed by atoms with E-state index in [1.807, 2.05) is 27.7 Å². The highest BCUT2D eigenvalue weighted by molar-refractivity contribution is 5.59. The number of aryl methyl sites for hydroxylation is 1. The zero-order valence-corrected chi connectivity index (χ0v) is 18.8. The fourth-order valence-corrected chi connectivity index (χ4v) is 6.12. The van der Waals surface area contributed by atoms with E-state index in [9.17, 15) is 10.2 Å². The Balaban J connectivity index is 0.00000136. The van der Waals surface area contributed by atoms with Crippen LogP contribution in [0.25, 0.3) is 0 Å². The fourth-order valence-electron chi connectivity index (χ4n) is 6.12. The monoisotopic (exact) mass is 392 g/mol. The molecule has 2 aliphatic carbocycles. The first kappa shape index (κ1) is 23.0. The molecule has 0 radical (unpaired) electrons. The lowest BCUT2D eigenvalue weighted by atomic mass is 9.46. The van der Waals surface area contributed by atoms with Crippen molar-refractivity contribution in [2.24, 2.45) is 17.3 Å². The van der Waals surface area contributed by atoms with Crippen LogP contribution in [0.1, 0.15) is 96.8 Å². The van der Waals surface area contributed by atoms with Crippen LogP contribution >= 0.6 is 0 Å². The molecule has 4 nitrogen and oxygen atoms in total. The zero-order chi connectivity index (χ0) is 21.3. The summed E-state index contributed by atoms with van der Waals surface area (Å²) in [4.78, 5) is 4.57. The van der Waals surface area contributed by atoms with Gasteiger partial charge < -0.3 is 10.2 Å². The smallest absolute Gasteiger partial charge is 0.161 e. The molecule has 0 spiro atoms. The van der Waals surface area contributed by atoms with E-state index in [4.69, 9.17) is 5.26 Å². The van der Waals surface area contributed by atoms with Crippen molar-refractivity contribution in [3.63, 3.8) is 0 Å². The van der Waals surface area contributed by atoms with E-state index in [0.29, 0.717) is 5.92 Å². The molecule has 3 N–H and O–H groups in total. The summed E-state index contributed by atoms with van der Waals surface area (Å²) in [5.41, 5.74) is 2.75. The number of aromatic hydroxyl groups is 2. The lowest BCUT2D eigenvalue weighted by molar-refractivity contribution is -0.257. The van der Waals surface area contributed by atoms with Crippen LogP contribution in [0.3, 0.4) is 0 Å². The number of hydrogen-bond donors (Lipinski definition) is 3. The average molecular weight is 393 g/mol. The van der Waals surface area contributed by atoms with E-state index in [0.717, 1.165) is 48.8 Å². The van der Waals surface area contributed by atoms with Crippen molar-refractivity contribution >= 4 is 0 Å². The summed E-state index contributed by atoms with van der Waals surface area (Å²) < 4.78 is 0. The van der Waals surface area contributed by atoms with Crippen molar-refractivity contribution in [1.29, 1.82) is 0 Å². The molecule has 2 unspecified atom stereocenters. The highest BCUT2D eigenvalue weighted by atomic mass is 17.1. The van der Waals surface area contributed by atoms with Gasteiger partial charge in [0.25, 0.3) is 0 Å². The van der Waals surface area contributed by atoms with Gasteiger partial charge in [-0.2, -0.15) is 0 Å². The second-order valence-electron chi connectivity index (χ2n) is 9.52. The number of benzene rings is 1. The van der Waals surface area contributed by atoms with E-state index < -0.39 is 0 Å². The molecule has 160 valence electrons. The van der Waals surface area contributed by atoms with Gasteiger partial charge in [-0.1, -0.05) is 61.0 Å². The Hall–Kier alpha value is -1.26. The van der Waals surface area contributed by atoms with Gasteiger partial charge in [-0.15, -0.1) is 0 Å². The lowest BCUT2D eigenvalue weighted by Gasteiger charge is -2.58. The second-order valence-corrected chi connectivity index (χ2v) is 9.52. The Bertz CT molecular complexity index is 680. The Morgan fingerprint density at radius 3 is 2.32 bits per heavy atom. The van der Waals surface area contributed by atoms with E-state index >= 15 is 0 Å². The average Bonchev–Trinajstić information content (AvgIpc) is 2.65. The molecule has 1 aromatic rings. The van der Waals surface area contributed by atoms with Crippen molar-refractivity contribution in [1.82, 2.24) is 0 Å². The van der Waals surface area contributed by atoms with Crippen LogP contribution in [0.2, 0.25) is 0 Å². The Morgan fingerprint density at radius 2 is 1.75 bits per heavy atom. The first-order chi connectivity index (χ1) is 13.2. The van der Waals surface area contributed by atoms with E-state index in [-0.39, 0.29) is 40.8 Å². The molecular weight excluding hydrogens is 352 g/mol. The molecular formula is C24H40O4. The summed E-state index contributed by atoms with van der Waals surface area (Å²) >= 11 is 0. The predicted molar refractivity (Wildman–Crippen MR) is 114 cm³/mol. The molecule has 0 aliphatic heterocycles. The number of fused-ring (bicyclic) bond motifs is 3. The van der Waals surface area contributed by atoms with Crippen LogP contribution in [0, 0.1) is 17.3 Å². The van der Waals surface area contributed by atoms with Crippen LogP contribution in [-0.4, -0.2) is 22.1 Å². The molecule has 0 heterocycles. The predicted octanol–water partition coefficient (Wildman–Crippen LogP) is 6.38. The topological polar surface area (TPSA) is 69.9 Å². The van der Waals surface area contributed by atoms with Gasteiger partial charge in [0.1, 0.15) is 0 Å². The molecule has 0 saturated heterocycles. The number of phenolic OH excluding ortho intramolecular Hbond substituents is 2. The Labute approximate surface area is 170 Å². The van der Waals surface area contributed by atoms with Gasteiger partial charge >= 0.3 is 0 Å². The quantitative estimate of drug-likeness (QED) is 0.316. The van der Waals surface area contributed by atoms with Crippen molar-refractivity contribution in [2.75, 3.05) is 6.61 Å². The van der Waals surface area contributed by atoms with E-state index in [2.05, 4.69) is 31.7 Å². The third-order valence-corrected chi connectivity index (χ3v) is 7.36. The van der Waals surface area contributed by atoms with Crippen molar-refractivity contribution in [2.45, 2.75) is 91.9 Å². The number of hydrogen-bond acceptors (Lipinski definition) is 4. The molecule has 28 heavy (non-hydrogen) atoms. The standard InChI is InChI=1S/C22H34O4.C2H6/c1-13(2)16-11-15-7-8-17-21(4,5)9-6-10-22(17,14(3)12-26-25)18(15)20(24)19(16)23;1-2/h11,13-14,17,23-25H,6-10,12H2,1-5H3;1-2H3/t14-,17?,22?;/m1./s1. The molecule has 2 aliphatic rings. The summed E-state index contributed by atoms with van der Waals surface area (Å²) in [5.74, 6) is 0.668. The van der Waals surface area contributed by atoms with Crippen molar-refractivity contribution in [3.05, 3.63) is 22.8 Å². The summed E-state index contributed by atoms with van der Waals surface area (Å²) in [6.45, 7) is 15.1. The Kier molecular flexibility index (Phi) is 7.09. The summed E-state index contributed by atoms with van der Waals surface area (Å²) in [6.07, 6.45) is 5.18. The van der Waals surface area contributed by atoms with Crippen LogP contribution < -0.4 is 0 Å². The van der Waals surface area contributed by atoms with Gasteiger partial charge in [0.2, 0.25) is 0 Å². The molecule has 1 fully saturated rings. The first-order valence-corrected chi connectivity index (χ1v) is 11.0. The van der Waals surface area contributed by atoms with Crippen LogP contribution in [-0.2, 0) is 16.7 Å². The highest BCUT2D eigenvalue weighted by Gasteiger charge is 2.56. The zero-order valence-electron chi connectivity index (χ0n) is 18.8. The maximum absolute atomic E-state index is 11.1. The SMILES string of the molecule is CC.CC(C)c1cc2c(c(O)c1O)C1([C@H](C)COO)CCCC(C)(C)C1CC2. The van der Waals surface area contributed by atoms with Gasteiger partial charge in [-0.25, -0.2) is 4.89 Å². The molecule has 3 atom stereocenters. The first-order valence-electron chi connectivity index (χ1n) is 11.0. The summed E-state index contributed by atoms with van der Waals surface area (Å²) in [6, 6.07) is 2.10. The van der Waals surface area contributed by atoms with Crippen LogP contribution in [0.5, 0.6) is 11.5 Å². The number of rotatable bonds is 4. The minimum Gasteiger partial charge on any atom is -0.504 e. The maximum Gasteiger partial charge on any atom is 0.161 e. The van der Waals surface area contributed by atoms with Crippen LogP contribution in [0.15, 0.2) is 6.07 Å². The molecule has 0 amide bonds. The van der Waals surface area contributed by atoms with Crippen molar-refractivity contribution < 1.29 is 20.4 Å². The molecule has 1 saturated carbocycles. The minimum absolute atomic E-state index is 0.0271. The molecule has 0 bridgehead atoms. The summed E-state index contributed by atoms with van der Waals surface area (Å²) in [5, 5.41) is 31.0. The van der Waals surface area contributed by atoms with E-state index in [1.54, 1.807) is 0 Å². The van der Waals surface area contributed by atoms with Gasteiger partial charge in [0, 0.05) is 16.5 Å². The van der Waals surface area contributed by atoms with Crippen LogP contribution in [0.4, 0.5) is 0 Å². The van der Waals surface area contributed by atoms with Gasteiger partial charge in [0.15, 0.2) is 11.5 Å². The normalized spacial score (nSPS) is 26.7. The largest absolute Gasteiger partial charge is 0.504 e. The Morgan fingerprint density at radius 1 is 1.11 bits per heavy atom. The molecule has 4 heteroatoms. The highest BCUT2D eigenvalue weighted by Crippen LogP contribution is 2.63. The second kappa shape index (κ2) is 8.62. The third-order valence-electron chi connectivity index (χ3n) is 7.36.